The van der Waals surface area contributed by atoms with Gasteiger partial charge in [-0.2, -0.15) is 0 Å². The average molecular weight is 270 g/mol. The van der Waals surface area contributed by atoms with Crippen molar-refractivity contribution in [3.05, 3.63) is 35.5 Å². The SMILES string of the molecule is CCCCCn1cc(CNC2CC2)c2c(C)cccc21. The highest BCUT2D eigenvalue weighted by Gasteiger charge is 2.21. The van der Waals surface area contributed by atoms with Crippen LogP contribution in [0.2, 0.25) is 0 Å². The second kappa shape index (κ2) is 6.01. The smallest absolute Gasteiger partial charge is 0.0486 e. The highest BCUT2D eigenvalue weighted by Crippen LogP contribution is 2.27. The molecule has 1 saturated carbocycles. The molecule has 0 amide bonds. The number of hydrogen-bond donors (Lipinski definition) is 1. The monoisotopic (exact) mass is 270 g/mol. The number of aryl methyl sites for hydroxylation is 2. The zero-order valence-electron chi connectivity index (χ0n) is 12.8. The van der Waals surface area contributed by atoms with Crippen molar-refractivity contribution in [1.82, 2.24) is 9.88 Å². The first kappa shape index (κ1) is 13.7. The Labute approximate surface area is 122 Å². The fraction of sp³-hybridized carbons (Fsp3) is 0.556. The fourth-order valence-electron chi connectivity index (χ4n) is 3.02. The Balaban J connectivity index is 1.87. The van der Waals surface area contributed by atoms with Gasteiger partial charge in [-0.05, 0) is 43.4 Å². The summed E-state index contributed by atoms with van der Waals surface area (Å²) in [6.45, 7) is 6.67. The van der Waals surface area contributed by atoms with E-state index in [2.05, 4.69) is 48.1 Å². The van der Waals surface area contributed by atoms with Crippen LogP contribution in [0.5, 0.6) is 0 Å². The second-order valence-electron chi connectivity index (χ2n) is 6.18. The molecular formula is C18H26N2. The van der Waals surface area contributed by atoms with Gasteiger partial charge in [0.2, 0.25) is 0 Å². The molecule has 2 nitrogen and oxygen atoms in total. The van der Waals surface area contributed by atoms with E-state index in [4.69, 9.17) is 0 Å². The van der Waals surface area contributed by atoms with Crippen LogP contribution in [0.4, 0.5) is 0 Å². The van der Waals surface area contributed by atoms with Gasteiger partial charge in [0.25, 0.3) is 0 Å². The predicted molar refractivity (Wildman–Crippen MR) is 86.1 cm³/mol. The molecule has 1 fully saturated rings. The zero-order chi connectivity index (χ0) is 13.9. The first-order valence-electron chi connectivity index (χ1n) is 8.10. The van der Waals surface area contributed by atoms with E-state index < -0.39 is 0 Å². The Morgan fingerprint density at radius 1 is 1.25 bits per heavy atom. The number of aromatic nitrogens is 1. The van der Waals surface area contributed by atoms with Gasteiger partial charge in [0.15, 0.2) is 0 Å². The molecule has 0 atom stereocenters. The molecule has 108 valence electrons. The van der Waals surface area contributed by atoms with Gasteiger partial charge in [0.05, 0.1) is 0 Å². The Morgan fingerprint density at radius 2 is 2.10 bits per heavy atom. The lowest BCUT2D eigenvalue weighted by molar-refractivity contribution is 0.612. The summed E-state index contributed by atoms with van der Waals surface area (Å²) in [5.41, 5.74) is 4.29. The summed E-state index contributed by atoms with van der Waals surface area (Å²) in [5.74, 6) is 0. The maximum absolute atomic E-state index is 3.66. The minimum Gasteiger partial charge on any atom is -0.347 e. The third kappa shape index (κ3) is 2.90. The summed E-state index contributed by atoms with van der Waals surface area (Å²) >= 11 is 0. The minimum atomic E-state index is 0.775. The number of hydrogen-bond acceptors (Lipinski definition) is 1. The van der Waals surface area contributed by atoms with Gasteiger partial charge in [-0.1, -0.05) is 31.9 Å². The molecule has 0 spiro atoms. The third-order valence-electron chi connectivity index (χ3n) is 4.35. The van der Waals surface area contributed by atoms with Crippen molar-refractivity contribution in [2.24, 2.45) is 0 Å². The van der Waals surface area contributed by atoms with E-state index in [0.717, 1.165) is 19.1 Å². The lowest BCUT2D eigenvalue weighted by Gasteiger charge is -2.05. The normalized spacial score (nSPS) is 15.1. The van der Waals surface area contributed by atoms with E-state index in [9.17, 15) is 0 Å². The lowest BCUT2D eigenvalue weighted by atomic mass is 10.1. The Bertz CT molecular complexity index is 578. The van der Waals surface area contributed by atoms with Crippen LogP contribution < -0.4 is 5.32 Å². The molecule has 2 aromatic rings. The van der Waals surface area contributed by atoms with E-state index in [-0.39, 0.29) is 0 Å². The van der Waals surface area contributed by atoms with Crippen molar-refractivity contribution in [3.8, 4) is 0 Å². The predicted octanol–water partition coefficient (Wildman–Crippen LogP) is 4.39. The van der Waals surface area contributed by atoms with Crippen LogP contribution in [0.15, 0.2) is 24.4 Å². The van der Waals surface area contributed by atoms with Crippen LogP contribution in [0.1, 0.15) is 50.2 Å². The van der Waals surface area contributed by atoms with E-state index in [1.807, 2.05) is 0 Å². The maximum Gasteiger partial charge on any atom is 0.0486 e. The van der Waals surface area contributed by atoms with Crippen LogP contribution in [0.25, 0.3) is 10.9 Å². The van der Waals surface area contributed by atoms with Crippen LogP contribution in [-0.4, -0.2) is 10.6 Å². The molecule has 3 rings (SSSR count). The molecule has 1 aliphatic rings. The number of nitrogens with one attached hydrogen (secondary N) is 1. The van der Waals surface area contributed by atoms with Crippen molar-refractivity contribution in [2.45, 2.75) is 65.1 Å². The fourth-order valence-corrected chi connectivity index (χ4v) is 3.02. The standard InChI is InChI=1S/C18H26N2/c1-3-4-5-11-20-13-15(12-19-16-9-10-16)18-14(2)7-6-8-17(18)20/h6-8,13,16,19H,3-5,9-12H2,1-2H3. The maximum atomic E-state index is 3.66. The summed E-state index contributed by atoms with van der Waals surface area (Å²) in [5, 5.41) is 5.13. The molecule has 20 heavy (non-hydrogen) atoms. The largest absolute Gasteiger partial charge is 0.347 e. The second-order valence-corrected chi connectivity index (χ2v) is 6.18. The van der Waals surface area contributed by atoms with Crippen molar-refractivity contribution in [3.63, 3.8) is 0 Å². The third-order valence-corrected chi connectivity index (χ3v) is 4.35. The van der Waals surface area contributed by atoms with E-state index in [0.29, 0.717) is 0 Å². The van der Waals surface area contributed by atoms with Gasteiger partial charge in [-0.3, -0.25) is 0 Å². The van der Waals surface area contributed by atoms with Crippen LogP contribution in [0, 0.1) is 6.92 Å². The molecule has 1 heterocycles. The summed E-state index contributed by atoms with van der Waals surface area (Å²) in [4.78, 5) is 0. The Hall–Kier alpha value is -1.28. The van der Waals surface area contributed by atoms with Gasteiger partial charge in [-0.15, -0.1) is 0 Å². The molecule has 0 radical (unpaired) electrons. The number of unbranched alkanes of at least 4 members (excludes halogenated alkanes) is 2. The Morgan fingerprint density at radius 3 is 2.85 bits per heavy atom. The van der Waals surface area contributed by atoms with Crippen LogP contribution in [0.3, 0.4) is 0 Å². The van der Waals surface area contributed by atoms with E-state index in [1.54, 1.807) is 0 Å². The first-order chi connectivity index (χ1) is 9.79. The topological polar surface area (TPSA) is 17.0 Å². The Kier molecular flexibility index (Phi) is 4.11. The number of rotatable bonds is 7. The summed E-state index contributed by atoms with van der Waals surface area (Å²) in [6.07, 6.45) is 8.98. The van der Waals surface area contributed by atoms with Crippen molar-refractivity contribution >= 4 is 10.9 Å². The van der Waals surface area contributed by atoms with E-state index in [1.165, 1.54) is 54.1 Å². The number of nitrogens with zero attached hydrogens (tertiary/aromatic N) is 1. The van der Waals surface area contributed by atoms with Crippen molar-refractivity contribution < 1.29 is 0 Å². The minimum absolute atomic E-state index is 0.775. The molecule has 2 heteroatoms. The molecule has 1 aromatic heterocycles. The van der Waals surface area contributed by atoms with Gasteiger partial charge in [0.1, 0.15) is 0 Å². The van der Waals surface area contributed by atoms with Gasteiger partial charge < -0.3 is 9.88 Å². The molecule has 0 bridgehead atoms. The number of benzene rings is 1. The summed E-state index contributed by atoms with van der Waals surface area (Å²) in [7, 11) is 0. The van der Waals surface area contributed by atoms with Crippen molar-refractivity contribution in [2.75, 3.05) is 0 Å². The molecule has 0 unspecified atom stereocenters. The van der Waals surface area contributed by atoms with Gasteiger partial charge in [0, 0.05) is 36.2 Å². The van der Waals surface area contributed by atoms with Gasteiger partial charge in [-0.25, -0.2) is 0 Å². The van der Waals surface area contributed by atoms with E-state index >= 15 is 0 Å². The average Bonchev–Trinajstić information content (AvgIpc) is 3.20. The lowest BCUT2D eigenvalue weighted by Crippen LogP contribution is -2.15. The summed E-state index contributed by atoms with van der Waals surface area (Å²) < 4.78 is 2.46. The van der Waals surface area contributed by atoms with Crippen LogP contribution in [-0.2, 0) is 13.1 Å². The molecule has 1 aromatic carbocycles. The molecular weight excluding hydrogens is 244 g/mol. The molecule has 1 aliphatic carbocycles. The highest BCUT2D eigenvalue weighted by atomic mass is 15.0. The first-order valence-corrected chi connectivity index (χ1v) is 8.10. The molecule has 0 aliphatic heterocycles. The highest BCUT2D eigenvalue weighted by molar-refractivity contribution is 5.87. The summed E-state index contributed by atoms with van der Waals surface area (Å²) in [6, 6.07) is 7.47. The molecule has 0 saturated heterocycles. The quantitative estimate of drug-likeness (QED) is 0.738. The number of fused-ring (bicyclic) bond motifs is 1. The van der Waals surface area contributed by atoms with Crippen LogP contribution >= 0.6 is 0 Å². The molecule has 1 N–H and O–H groups in total. The van der Waals surface area contributed by atoms with Crippen molar-refractivity contribution in [1.29, 1.82) is 0 Å². The zero-order valence-corrected chi connectivity index (χ0v) is 12.8. The van der Waals surface area contributed by atoms with Gasteiger partial charge >= 0.3 is 0 Å².